The Morgan fingerprint density at radius 3 is 2.15 bits per heavy atom. The quantitative estimate of drug-likeness (QED) is 0.435. The molecule has 210 valence electrons. The summed E-state index contributed by atoms with van der Waals surface area (Å²) in [5.74, 6) is 2.18. The Morgan fingerprint density at radius 2 is 1.52 bits per heavy atom. The predicted molar refractivity (Wildman–Crippen MR) is 148 cm³/mol. The van der Waals surface area contributed by atoms with Gasteiger partial charge in [0.25, 0.3) is 0 Å². The van der Waals surface area contributed by atoms with Gasteiger partial charge in [0, 0.05) is 30.3 Å². The van der Waals surface area contributed by atoms with Crippen LogP contribution < -0.4 is 38.6 Å². The molecule has 5 rings (SSSR count). The van der Waals surface area contributed by atoms with Crippen LogP contribution in [-0.4, -0.2) is 53.5 Å². The first-order chi connectivity index (χ1) is 19.5. The van der Waals surface area contributed by atoms with E-state index >= 15 is 0 Å². The van der Waals surface area contributed by atoms with Crippen molar-refractivity contribution in [1.82, 2.24) is 0 Å². The van der Waals surface area contributed by atoms with Crippen LogP contribution in [0.2, 0.25) is 0 Å². The molecule has 0 aliphatic carbocycles. The Balaban J connectivity index is 1.55. The van der Waals surface area contributed by atoms with Crippen LogP contribution in [-0.2, 0) is 9.59 Å². The maximum Gasteiger partial charge on any atom is 0.229 e. The number of hydrogen-bond acceptors (Lipinski definition) is 8. The number of ether oxygens (including phenoxy) is 6. The number of nitrogens with zero attached hydrogens (tertiary/aromatic N) is 1. The Labute approximate surface area is 232 Å². The van der Waals surface area contributed by atoms with Crippen LogP contribution in [0, 0.1) is 5.92 Å². The Kier molecular flexibility index (Phi) is 7.86. The van der Waals surface area contributed by atoms with Gasteiger partial charge < -0.3 is 38.6 Å². The molecule has 1 N–H and O–H groups in total. The van der Waals surface area contributed by atoms with E-state index in [0.717, 1.165) is 5.56 Å². The molecule has 40 heavy (non-hydrogen) atoms. The molecule has 0 aromatic heterocycles. The minimum Gasteiger partial charge on any atom is -0.497 e. The minimum absolute atomic E-state index is 0.126. The number of benzene rings is 3. The van der Waals surface area contributed by atoms with Crippen LogP contribution in [0.15, 0.2) is 54.6 Å². The van der Waals surface area contributed by atoms with Gasteiger partial charge in [0.1, 0.15) is 19.0 Å². The molecule has 0 bridgehead atoms. The third-order valence-corrected chi connectivity index (χ3v) is 7.13. The molecule has 0 spiro atoms. The molecule has 0 radical (unpaired) electrons. The summed E-state index contributed by atoms with van der Waals surface area (Å²) >= 11 is 0. The highest BCUT2D eigenvalue weighted by Gasteiger charge is 2.42. The first-order valence-electron chi connectivity index (χ1n) is 12.9. The van der Waals surface area contributed by atoms with Crippen molar-refractivity contribution in [2.45, 2.75) is 18.9 Å². The molecule has 3 aromatic rings. The van der Waals surface area contributed by atoms with Crippen molar-refractivity contribution >= 4 is 23.2 Å². The summed E-state index contributed by atoms with van der Waals surface area (Å²) in [5, 5.41) is 3.03. The lowest BCUT2D eigenvalue weighted by Crippen LogP contribution is -2.47. The minimum atomic E-state index is -0.618. The monoisotopic (exact) mass is 548 g/mol. The smallest absolute Gasteiger partial charge is 0.229 e. The third-order valence-electron chi connectivity index (χ3n) is 7.13. The normalized spacial score (nSPS) is 18.1. The highest BCUT2D eigenvalue weighted by atomic mass is 16.6. The number of methoxy groups -OCH3 is 4. The standard InChI is InChI=1S/C30H32N2O8/c1-35-21-8-5-18(6-9-21)28-22(30(34)31-19-7-11-23-24(15-19)40-14-13-39-23)10-12-27(33)32(28)20-16-25(36-2)29(38-4)26(17-20)37-3/h5-9,11,15-17,22,28H,10,12-14H2,1-4H3,(H,31,34). The summed E-state index contributed by atoms with van der Waals surface area (Å²) in [6.07, 6.45) is 0.551. The predicted octanol–water partition coefficient (Wildman–Crippen LogP) is 4.62. The number of rotatable bonds is 8. The summed E-state index contributed by atoms with van der Waals surface area (Å²) in [6, 6.07) is 15.5. The third kappa shape index (κ3) is 5.16. The molecule has 0 saturated carbocycles. The molecule has 2 aliphatic heterocycles. The van der Waals surface area contributed by atoms with E-state index in [0.29, 0.717) is 65.5 Å². The fraction of sp³-hybridized carbons (Fsp3) is 0.333. The largest absolute Gasteiger partial charge is 0.497 e. The van der Waals surface area contributed by atoms with E-state index in [1.165, 1.54) is 21.3 Å². The molecule has 1 saturated heterocycles. The van der Waals surface area contributed by atoms with Crippen LogP contribution in [0.3, 0.4) is 0 Å². The van der Waals surface area contributed by atoms with Crippen molar-refractivity contribution in [3.05, 3.63) is 60.2 Å². The van der Waals surface area contributed by atoms with Gasteiger partial charge in [-0.1, -0.05) is 12.1 Å². The van der Waals surface area contributed by atoms with Gasteiger partial charge in [0.05, 0.1) is 46.1 Å². The molecule has 2 aliphatic rings. The SMILES string of the molecule is COc1ccc(C2C(C(=O)Nc3ccc4c(c3)OCCO4)CCC(=O)N2c2cc(OC)c(OC)c(OC)c2)cc1. The summed E-state index contributed by atoms with van der Waals surface area (Å²) < 4.78 is 33.2. The van der Waals surface area contributed by atoms with Gasteiger partial charge in [-0.25, -0.2) is 0 Å². The van der Waals surface area contributed by atoms with Crippen LogP contribution in [0.5, 0.6) is 34.5 Å². The highest BCUT2D eigenvalue weighted by Crippen LogP contribution is 2.46. The molecular formula is C30H32N2O8. The number of anilines is 2. The summed E-state index contributed by atoms with van der Waals surface area (Å²) in [7, 11) is 6.14. The van der Waals surface area contributed by atoms with E-state index in [2.05, 4.69) is 5.32 Å². The highest BCUT2D eigenvalue weighted by molar-refractivity contribution is 6.00. The number of carbonyl (C=O) groups is 2. The number of fused-ring (bicyclic) bond motifs is 1. The van der Waals surface area contributed by atoms with Crippen molar-refractivity contribution in [3.63, 3.8) is 0 Å². The zero-order chi connectivity index (χ0) is 28.2. The van der Waals surface area contributed by atoms with E-state index in [1.54, 1.807) is 42.3 Å². The van der Waals surface area contributed by atoms with Gasteiger partial charge in [-0.15, -0.1) is 0 Å². The molecular weight excluding hydrogens is 516 g/mol. The first kappa shape index (κ1) is 27.0. The number of carbonyl (C=O) groups excluding carboxylic acids is 2. The van der Waals surface area contributed by atoms with Gasteiger partial charge >= 0.3 is 0 Å². The first-order valence-corrected chi connectivity index (χ1v) is 12.9. The zero-order valence-electron chi connectivity index (χ0n) is 22.9. The lowest BCUT2D eigenvalue weighted by Gasteiger charge is -2.41. The average Bonchev–Trinajstić information content (AvgIpc) is 3.00. The van der Waals surface area contributed by atoms with Crippen LogP contribution in [0.1, 0.15) is 24.4 Å². The van der Waals surface area contributed by atoms with Crippen molar-refractivity contribution in [1.29, 1.82) is 0 Å². The number of piperidine rings is 1. The van der Waals surface area contributed by atoms with Gasteiger partial charge in [-0.3, -0.25) is 9.59 Å². The second-order valence-electron chi connectivity index (χ2n) is 9.36. The van der Waals surface area contributed by atoms with Gasteiger partial charge in [-0.2, -0.15) is 0 Å². The average molecular weight is 549 g/mol. The van der Waals surface area contributed by atoms with E-state index in [9.17, 15) is 9.59 Å². The second kappa shape index (κ2) is 11.6. The molecule has 2 amide bonds. The second-order valence-corrected chi connectivity index (χ2v) is 9.36. The summed E-state index contributed by atoms with van der Waals surface area (Å²) in [4.78, 5) is 29.1. The number of hydrogen-bond donors (Lipinski definition) is 1. The summed E-state index contributed by atoms with van der Waals surface area (Å²) in [6.45, 7) is 0.924. The fourth-order valence-electron chi connectivity index (χ4n) is 5.22. The molecule has 3 aromatic carbocycles. The molecule has 10 heteroatoms. The van der Waals surface area contributed by atoms with Gasteiger partial charge in [0.15, 0.2) is 23.0 Å². The van der Waals surface area contributed by atoms with Gasteiger partial charge in [0.2, 0.25) is 17.6 Å². The molecule has 1 fully saturated rings. The number of amides is 2. The zero-order valence-corrected chi connectivity index (χ0v) is 22.9. The molecule has 10 nitrogen and oxygen atoms in total. The van der Waals surface area contributed by atoms with Crippen molar-refractivity contribution in [2.75, 3.05) is 51.9 Å². The van der Waals surface area contributed by atoms with Crippen LogP contribution in [0.4, 0.5) is 11.4 Å². The van der Waals surface area contributed by atoms with E-state index < -0.39 is 12.0 Å². The van der Waals surface area contributed by atoms with Crippen molar-refractivity contribution in [3.8, 4) is 34.5 Å². The number of nitrogens with one attached hydrogen (secondary N) is 1. The molecule has 2 unspecified atom stereocenters. The van der Waals surface area contributed by atoms with Crippen molar-refractivity contribution < 1.29 is 38.0 Å². The Bertz CT molecular complexity index is 1370. The van der Waals surface area contributed by atoms with E-state index in [-0.39, 0.29) is 18.2 Å². The van der Waals surface area contributed by atoms with Crippen LogP contribution in [0.25, 0.3) is 0 Å². The van der Waals surface area contributed by atoms with Gasteiger partial charge in [-0.05, 0) is 36.2 Å². The lowest BCUT2D eigenvalue weighted by atomic mass is 9.83. The van der Waals surface area contributed by atoms with E-state index in [4.69, 9.17) is 28.4 Å². The summed E-state index contributed by atoms with van der Waals surface area (Å²) in [5.41, 5.74) is 1.89. The Hall–Kier alpha value is -4.60. The maximum absolute atomic E-state index is 13.9. The molecule has 2 heterocycles. The van der Waals surface area contributed by atoms with Crippen LogP contribution >= 0.6 is 0 Å². The lowest BCUT2D eigenvalue weighted by molar-refractivity contribution is -0.125. The van der Waals surface area contributed by atoms with Crippen molar-refractivity contribution in [2.24, 2.45) is 5.92 Å². The maximum atomic E-state index is 13.9. The topological polar surface area (TPSA) is 105 Å². The molecule has 2 atom stereocenters. The fourth-order valence-corrected chi connectivity index (χ4v) is 5.22. The van der Waals surface area contributed by atoms with E-state index in [1.807, 2.05) is 24.3 Å². The Morgan fingerprint density at radius 1 is 0.850 bits per heavy atom.